The molecule has 0 aliphatic heterocycles. The van der Waals surface area contributed by atoms with Gasteiger partial charge in [0, 0.05) is 11.1 Å². The molecule has 19 heavy (non-hydrogen) atoms. The maximum atomic E-state index is 11.7. The second kappa shape index (κ2) is 6.70. The predicted molar refractivity (Wildman–Crippen MR) is 80.8 cm³/mol. The van der Waals surface area contributed by atoms with Gasteiger partial charge in [-0.3, -0.25) is 10.1 Å². The van der Waals surface area contributed by atoms with Crippen LogP contribution in [0, 0.1) is 0 Å². The second-order valence-corrected chi connectivity index (χ2v) is 5.86. The number of aromatic nitrogens is 2. The quantitative estimate of drug-likeness (QED) is 0.533. The molecule has 98 valence electrons. The molecule has 1 amide bonds. The molecule has 0 radical (unpaired) electrons. The Morgan fingerprint density at radius 2 is 2.21 bits per heavy atom. The molecule has 7 heteroatoms. The highest BCUT2D eigenvalue weighted by molar-refractivity contribution is 8.00. The maximum Gasteiger partial charge on any atom is 0.250 e. The number of halogens is 1. The minimum Gasteiger partial charge on any atom is -0.297 e. The number of carbonyl (C=O) groups is 1. The molecule has 0 bridgehead atoms. The number of nitrogens with one attached hydrogen (secondary N) is 1. The van der Waals surface area contributed by atoms with E-state index in [1.807, 2.05) is 24.5 Å². The Kier molecular flexibility index (Phi) is 4.95. The Balaban J connectivity index is 1.99. The van der Waals surface area contributed by atoms with Gasteiger partial charge in [0.25, 0.3) is 0 Å². The van der Waals surface area contributed by atoms with Crippen LogP contribution in [0.4, 0.5) is 5.13 Å². The number of hydrogen-bond donors (Lipinski definition) is 1. The standard InChI is InChI=1S/C12H10ClN3OS2/c1-18-12-16-15-11(19-12)14-10(17)7-6-8-4-2-3-5-9(8)13/h2-7H,1H3,(H,14,15,17)/b7-6+. The zero-order valence-electron chi connectivity index (χ0n) is 9.96. The average molecular weight is 312 g/mol. The van der Waals surface area contributed by atoms with Gasteiger partial charge in [-0.15, -0.1) is 10.2 Å². The minimum absolute atomic E-state index is 0.260. The third-order valence-corrected chi connectivity index (χ3v) is 4.29. The molecular weight excluding hydrogens is 302 g/mol. The first-order valence-electron chi connectivity index (χ1n) is 5.30. The topological polar surface area (TPSA) is 54.9 Å². The SMILES string of the molecule is CSc1nnc(NC(=O)/C=C/c2ccccc2Cl)s1. The van der Waals surface area contributed by atoms with Crippen molar-refractivity contribution in [2.24, 2.45) is 0 Å². The van der Waals surface area contributed by atoms with Crippen LogP contribution in [0.1, 0.15) is 5.56 Å². The number of nitrogens with zero attached hydrogens (tertiary/aromatic N) is 2. The number of anilines is 1. The maximum absolute atomic E-state index is 11.7. The van der Waals surface area contributed by atoms with Crippen LogP contribution < -0.4 is 5.32 Å². The van der Waals surface area contributed by atoms with E-state index in [2.05, 4.69) is 15.5 Å². The number of thioether (sulfide) groups is 1. The average Bonchev–Trinajstić information content (AvgIpc) is 2.85. The van der Waals surface area contributed by atoms with Crippen molar-refractivity contribution in [3.05, 3.63) is 40.9 Å². The van der Waals surface area contributed by atoms with Gasteiger partial charge in [0.15, 0.2) is 4.34 Å². The van der Waals surface area contributed by atoms with Crippen molar-refractivity contribution in [3.8, 4) is 0 Å². The van der Waals surface area contributed by atoms with E-state index in [1.165, 1.54) is 29.2 Å². The van der Waals surface area contributed by atoms with Crippen LogP contribution in [0.5, 0.6) is 0 Å². The van der Waals surface area contributed by atoms with E-state index in [4.69, 9.17) is 11.6 Å². The number of carbonyl (C=O) groups excluding carboxylic acids is 1. The summed E-state index contributed by atoms with van der Waals surface area (Å²) in [6.07, 6.45) is 4.99. The molecule has 0 aliphatic rings. The smallest absolute Gasteiger partial charge is 0.250 e. The lowest BCUT2D eigenvalue weighted by molar-refractivity contribution is -0.111. The number of amides is 1. The fraction of sp³-hybridized carbons (Fsp3) is 0.0833. The third kappa shape index (κ3) is 4.05. The highest BCUT2D eigenvalue weighted by atomic mass is 35.5. The molecule has 1 heterocycles. The fourth-order valence-electron chi connectivity index (χ4n) is 1.27. The summed E-state index contributed by atoms with van der Waals surface area (Å²) in [5.74, 6) is -0.260. The molecule has 0 saturated heterocycles. The van der Waals surface area contributed by atoms with Crippen molar-refractivity contribution < 1.29 is 4.79 Å². The van der Waals surface area contributed by atoms with Crippen LogP contribution >= 0.6 is 34.7 Å². The van der Waals surface area contributed by atoms with Gasteiger partial charge in [0.05, 0.1) is 0 Å². The summed E-state index contributed by atoms with van der Waals surface area (Å²) in [5.41, 5.74) is 0.793. The normalized spacial score (nSPS) is 10.8. The summed E-state index contributed by atoms with van der Waals surface area (Å²) in [6.45, 7) is 0. The first-order valence-corrected chi connectivity index (χ1v) is 7.72. The number of rotatable bonds is 4. The van der Waals surface area contributed by atoms with E-state index in [9.17, 15) is 4.79 Å². The summed E-state index contributed by atoms with van der Waals surface area (Å²) in [6, 6.07) is 7.31. The van der Waals surface area contributed by atoms with E-state index in [0.717, 1.165) is 9.90 Å². The molecule has 1 N–H and O–H groups in total. The molecule has 1 aromatic carbocycles. The van der Waals surface area contributed by atoms with E-state index < -0.39 is 0 Å². The first kappa shape index (κ1) is 14.0. The Labute approximate surface area is 123 Å². The van der Waals surface area contributed by atoms with Crippen molar-refractivity contribution in [2.45, 2.75) is 4.34 Å². The van der Waals surface area contributed by atoms with Gasteiger partial charge < -0.3 is 0 Å². The molecule has 4 nitrogen and oxygen atoms in total. The van der Waals surface area contributed by atoms with Gasteiger partial charge in [0.1, 0.15) is 0 Å². The Morgan fingerprint density at radius 3 is 2.89 bits per heavy atom. The van der Waals surface area contributed by atoms with Crippen molar-refractivity contribution in [2.75, 3.05) is 11.6 Å². The van der Waals surface area contributed by atoms with Crippen LogP contribution in [0.2, 0.25) is 5.02 Å². The summed E-state index contributed by atoms with van der Waals surface area (Å²) in [4.78, 5) is 11.7. The van der Waals surface area contributed by atoms with E-state index >= 15 is 0 Å². The van der Waals surface area contributed by atoms with Crippen molar-refractivity contribution in [1.82, 2.24) is 10.2 Å². The number of hydrogen-bond acceptors (Lipinski definition) is 5. The van der Waals surface area contributed by atoms with Crippen molar-refractivity contribution in [3.63, 3.8) is 0 Å². The number of benzene rings is 1. The summed E-state index contributed by atoms with van der Waals surface area (Å²) >= 11 is 8.81. The molecule has 0 fully saturated rings. The Morgan fingerprint density at radius 1 is 1.42 bits per heavy atom. The second-order valence-electron chi connectivity index (χ2n) is 3.42. The van der Waals surface area contributed by atoms with Crippen LogP contribution in [0.15, 0.2) is 34.7 Å². The lowest BCUT2D eigenvalue weighted by Crippen LogP contribution is -2.07. The van der Waals surface area contributed by atoms with Crippen molar-refractivity contribution in [1.29, 1.82) is 0 Å². The highest BCUT2D eigenvalue weighted by Gasteiger charge is 2.05. The predicted octanol–water partition coefficient (Wildman–Crippen LogP) is 3.57. The van der Waals surface area contributed by atoms with E-state index in [0.29, 0.717) is 10.2 Å². The van der Waals surface area contributed by atoms with Gasteiger partial charge in [-0.25, -0.2) is 0 Å². The largest absolute Gasteiger partial charge is 0.297 e. The van der Waals surface area contributed by atoms with Crippen molar-refractivity contribution >= 4 is 51.8 Å². The molecule has 0 unspecified atom stereocenters. The first-order chi connectivity index (χ1) is 9.19. The Hall–Kier alpha value is -1.37. The van der Waals surface area contributed by atoms with E-state index in [1.54, 1.807) is 12.1 Å². The van der Waals surface area contributed by atoms with Crippen LogP contribution in [0.3, 0.4) is 0 Å². The lowest BCUT2D eigenvalue weighted by atomic mass is 10.2. The monoisotopic (exact) mass is 311 g/mol. The fourth-order valence-corrected chi connectivity index (χ4v) is 2.64. The third-order valence-electron chi connectivity index (χ3n) is 2.13. The van der Waals surface area contributed by atoms with Gasteiger partial charge >= 0.3 is 0 Å². The van der Waals surface area contributed by atoms with Gasteiger partial charge in [0.2, 0.25) is 11.0 Å². The molecular formula is C12H10ClN3OS2. The summed E-state index contributed by atoms with van der Waals surface area (Å²) < 4.78 is 0.811. The molecule has 0 saturated carbocycles. The van der Waals surface area contributed by atoms with Crippen LogP contribution in [-0.2, 0) is 4.79 Å². The minimum atomic E-state index is -0.260. The van der Waals surface area contributed by atoms with E-state index in [-0.39, 0.29) is 5.91 Å². The molecule has 2 aromatic rings. The zero-order chi connectivity index (χ0) is 13.7. The van der Waals surface area contributed by atoms with Crippen LogP contribution in [-0.4, -0.2) is 22.4 Å². The van der Waals surface area contributed by atoms with Gasteiger partial charge in [-0.1, -0.05) is 52.9 Å². The zero-order valence-corrected chi connectivity index (χ0v) is 12.4. The van der Waals surface area contributed by atoms with Gasteiger partial charge in [-0.05, 0) is 24.0 Å². The summed E-state index contributed by atoms with van der Waals surface area (Å²) in [5, 5.41) is 11.5. The lowest BCUT2D eigenvalue weighted by Gasteiger charge is -1.97. The van der Waals surface area contributed by atoms with Crippen LogP contribution in [0.25, 0.3) is 6.08 Å². The highest BCUT2D eigenvalue weighted by Crippen LogP contribution is 2.23. The molecule has 1 aromatic heterocycles. The summed E-state index contributed by atoms with van der Waals surface area (Å²) in [7, 11) is 0. The van der Waals surface area contributed by atoms with Gasteiger partial charge in [-0.2, -0.15) is 0 Å². The molecule has 0 atom stereocenters. The molecule has 2 rings (SSSR count). The Bertz CT molecular complexity index is 613. The molecule has 0 spiro atoms. The molecule has 0 aliphatic carbocycles.